The van der Waals surface area contributed by atoms with Crippen molar-refractivity contribution in [3.05, 3.63) is 0 Å². The molecule has 2 aliphatic rings. The molecule has 114 valence electrons. The summed E-state index contributed by atoms with van der Waals surface area (Å²) in [5, 5.41) is 2.89. The number of hydrogen-bond acceptors (Lipinski definition) is 3. The topological polar surface area (TPSA) is 58.6 Å². The largest absolute Gasteiger partial charge is 0.376 e. The summed E-state index contributed by atoms with van der Waals surface area (Å²) in [5.41, 5.74) is 0. The number of hydrogen-bond donors (Lipinski definition) is 1. The van der Waals surface area contributed by atoms with E-state index < -0.39 is 0 Å². The van der Waals surface area contributed by atoms with Crippen LogP contribution in [0, 0.1) is 5.92 Å². The highest BCUT2D eigenvalue weighted by Crippen LogP contribution is 2.20. The molecule has 1 N–H and O–H groups in total. The van der Waals surface area contributed by atoms with Gasteiger partial charge < -0.3 is 15.0 Å². The van der Waals surface area contributed by atoms with E-state index in [4.69, 9.17) is 4.74 Å². The molecule has 2 amide bonds. The summed E-state index contributed by atoms with van der Waals surface area (Å²) < 4.78 is 5.77. The Labute approximate surface area is 121 Å². The summed E-state index contributed by atoms with van der Waals surface area (Å²) in [6, 6.07) is 0. The van der Waals surface area contributed by atoms with Crippen molar-refractivity contribution < 1.29 is 14.3 Å². The predicted octanol–water partition coefficient (Wildman–Crippen LogP) is 1.32. The molecular formula is C15H26N2O3. The first-order valence-corrected chi connectivity index (χ1v) is 7.80. The molecule has 2 fully saturated rings. The van der Waals surface area contributed by atoms with Gasteiger partial charge in [-0.2, -0.15) is 0 Å². The Morgan fingerprint density at radius 3 is 2.75 bits per heavy atom. The summed E-state index contributed by atoms with van der Waals surface area (Å²) in [4.78, 5) is 25.2. The molecule has 20 heavy (non-hydrogen) atoms. The maximum absolute atomic E-state index is 12.0. The van der Waals surface area contributed by atoms with E-state index in [0.29, 0.717) is 32.2 Å². The first kappa shape index (κ1) is 15.3. The molecule has 0 spiro atoms. The lowest BCUT2D eigenvalue weighted by molar-refractivity contribution is -0.139. The van der Waals surface area contributed by atoms with Gasteiger partial charge in [-0.1, -0.05) is 19.3 Å². The number of amides is 2. The molecule has 5 nitrogen and oxygen atoms in total. The van der Waals surface area contributed by atoms with Crippen molar-refractivity contribution >= 4 is 11.8 Å². The molecule has 1 saturated heterocycles. The number of carbonyl (C=O) groups excluding carboxylic acids is 2. The number of carbonyl (C=O) groups is 2. The van der Waals surface area contributed by atoms with E-state index in [2.05, 4.69) is 5.32 Å². The molecule has 0 bridgehead atoms. The van der Waals surface area contributed by atoms with Gasteiger partial charge in [-0.25, -0.2) is 0 Å². The predicted molar refractivity (Wildman–Crippen MR) is 76.2 cm³/mol. The van der Waals surface area contributed by atoms with E-state index >= 15 is 0 Å². The fourth-order valence-electron chi connectivity index (χ4n) is 2.94. The zero-order valence-electron chi connectivity index (χ0n) is 12.4. The lowest BCUT2D eigenvalue weighted by Gasteiger charge is -2.28. The minimum atomic E-state index is -0.159. The van der Waals surface area contributed by atoms with Crippen LogP contribution < -0.4 is 5.32 Å². The number of nitrogens with zero attached hydrogens (tertiary/aromatic N) is 1. The third kappa shape index (κ3) is 4.47. The van der Waals surface area contributed by atoms with Crippen LogP contribution in [0.25, 0.3) is 0 Å². The smallest absolute Gasteiger partial charge is 0.223 e. The molecule has 1 aliphatic carbocycles. The van der Waals surface area contributed by atoms with Gasteiger partial charge in [0.15, 0.2) is 0 Å². The molecule has 1 atom stereocenters. The molecule has 1 unspecified atom stereocenters. The monoisotopic (exact) mass is 282 g/mol. The second kappa shape index (κ2) is 7.62. The van der Waals surface area contributed by atoms with Crippen LogP contribution in [-0.4, -0.2) is 49.6 Å². The van der Waals surface area contributed by atoms with Crippen molar-refractivity contribution in [1.29, 1.82) is 0 Å². The van der Waals surface area contributed by atoms with Crippen molar-refractivity contribution in [2.75, 3.05) is 26.7 Å². The van der Waals surface area contributed by atoms with Gasteiger partial charge >= 0.3 is 0 Å². The second-order valence-corrected chi connectivity index (χ2v) is 5.93. The van der Waals surface area contributed by atoms with Crippen molar-refractivity contribution in [1.82, 2.24) is 10.2 Å². The number of piperidine rings is 1. The van der Waals surface area contributed by atoms with Crippen LogP contribution in [-0.2, 0) is 14.3 Å². The zero-order chi connectivity index (χ0) is 14.4. The lowest BCUT2D eigenvalue weighted by Crippen LogP contribution is -2.42. The van der Waals surface area contributed by atoms with Gasteiger partial charge in [0.1, 0.15) is 0 Å². The van der Waals surface area contributed by atoms with Crippen LogP contribution in [0.1, 0.15) is 44.9 Å². The Kier molecular flexibility index (Phi) is 5.83. The standard InChI is InChI=1S/C15H26N2O3/c1-17-9-7-12(11-14(17)18)15(19)16-8-10-20-13-5-3-2-4-6-13/h12-13H,2-11H2,1H3,(H,16,19). The molecule has 1 heterocycles. The molecular weight excluding hydrogens is 256 g/mol. The molecule has 0 aromatic rings. The van der Waals surface area contributed by atoms with Gasteiger partial charge in [-0.15, -0.1) is 0 Å². The Morgan fingerprint density at radius 1 is 1.30 bits per heavy atom. The Morgan fingerprint density at radius 2 is 2.05 bits per heavy atom. The van der Waals surface area contributed by atoms with E-state index in [-0.39, 0.29) is 17.7 Å². The van der Waals surface area contributed by atoms with Crippen molar-refractivity contribution in [2.45, 2.75) is 51.0 Å². The highest BCUT2D eigenvalue weighted by molar-refractivity contribution is 5.86. The Bertz CT molecular complexity index is 340. The Balaban J connectivity index is 1.59. The summed E-state index contributed by atoms with van der Waals surface area (Å²) in [6.45, 7) is 1.81. The minimum Gasteiger partial charge on any atom is -0.376 e. The van der Waals surface area contributed by atoms with Gasteiger partial charge in [0.25, 0.3) is 0 Å². The average molecular weight is 282 g/mol. The minimum absolute atomic E-state index is 0.00121. The van der Waals surface area contributed by atoms with Crippen molar-refractivity contribution in [2.24, 2.45) is 5.92 Å². The molecule has 0 aromatic carbocycles. The van der Waals surface area contributed by atoms with Gasteiger partial charge in [0.2, 0.25) is 11.8 Å². The number of nitrogens with one attached hydrogen (secondary N) is 1. The van der Waals surface area contributed by atoms with Gasteiger partial charge in [0.05, 0.1) is 12.7 Å². The molecule has 2 rings (SSSR count). The number of rotatable bonds is 5. The summed E-state index contributed by atoms with van der Waals surface area (Å²) in [5.74, 6) is -0.0954. The normalized spacial score (nSPS) is 24.8. The van der Waals surface area contributed by atoms with E-state index in [1.165, 1.54) is 19.3 Å². The maximum Gasteiger partial charge on any atom is 0.223 e. The number of ether oxygens (including phenoxy) is 1. The van der Waals surface area contributed by atoms with E-state index in [1.807, 2.05) is 0 Å². The van der Waals surface area contributed by atoms with E-state index in [0.717, 1.165) is 19.3 Å². The Hall–Kier alpha value is -1.10. The molecule has 1 aliphatic heterocycles. The molecule has 0 aromatic heterocycles. The fraction of sp³-hybridized carbons (Fsp3) is 0.867. The van der Waals surface area contributed by atoms with E-state index in [1.54, 1.807) is 11.9 Å². The quantitative estimate of drug-likeness (QED) is 0.774. The fourth-order valence-corrected chi connectivity index (χ4v) is 2.94. The third-order valence-corrected chi connectivity index (χ3v) is 4.34. The summed E-state index contributed by atoms with van der Waals surface area (Å²) >= 11 is 0. The third-order valence-electron chi connectivity index (χ3n) is 4.34. The maximum atomic E-state index is 12.0. The summed E-state index contributed by atoms with van der Waals surface area (Å²) in [7, 11) is 1.79. The van der Waals surface area contributed by atoms with E-state index in [9.17, 15) is 9.59 Å². The van der Waals surface area contributed by atoms with Crippen LogP contribution >= 0.6 is 0 Å². The molecule has 0 radical (unpaired) electrons. The van der Waals surface area contributed by atoms with Gasteiger partial charge in [-0.05, 0) is 19.3 Å². The van der Waals surface area contributed by atoms with Crippen LogP contribution in [0.3, 0.4) is 0 Å². The SMILES string of the molecule is CN1CCC(C(=O)NCCOC2CCCCC2)CC1=O. The zero-order valence-corrected chi connectivity index (χ0v) is 12.4. The molecule has 1 saturated carbocycles. The second-order valence-electron chi connectivity index (χ2n) is 5.93. The van der Waals surface area contributed by atoms with Crippen LogP contribution in [0.4, 0.5) is 0 Å². The van der Waals surface area contributed by atoms with Crippen LogP contribution in [0.15, 0.2) is 0 Å². The van der Waals surface area contributed by atoms with Gasteiger partial charge in [-0.3, -0.25) is 9.59 Å². The lowest BCUT2D eigenvalue weighted by atomic mass is 9.96. The first-order valence-electron chi connectivity index (χ1n) is 7.80. The number of likely N-dealkylation sites (tertiary alicyclic amines) is 1. The highest BCUT2D eigenvalue weighted by Gasteiger charge is 2.28. The van der Waals surface area contributed by atoms with Crippen molar-refractivity contribution in [3.8, 4) is 0 Å². The highest BCUT2D eigenvalue weighted by atomic mass is 16.5. The van der Waals surface area contributed by atoms with Gasteiger partial charge in [0, 0.05) is 32.5 Å². The first-order chi connectivity index (χ1) is 9.66. The summed E-state index contributed by atoms with van der Waals surface area (Å²) in [6.07, 6.45) is 7.62. The molecule has 5 heteroatoms. The van der Waals surface area contributed by atoms with Crippen LogP contribution in [0.2, 0.25) is 0 Å². The van der Waals surface area contributed by atoms with Crippen LogP contribution in [0.5, 0.6) is 0 Å². The average Bonchev–Trinajstić information content (AvgIpc) is 2.47. The van der Waals surface area contributed by atoms with Crippen molar-refractivity contribution in [3.63, 3.8) is 0 Å².